The topological polar surface area (TPSA) is 65.4 Å². The van der Waals surface area contributed by atoms with E-state index < -0.39 is 0 Å². The first kappa shape index (κ1) is 16.7. The Kier molecular flexibility index (Phi) is 4.62. The van der Waals surface area contributed by atoms with Gasteiger partial charge in [0.25, 0.3) is 5.91 Å². The van der Waals surface area contributed by atoms with Gasteiger partial charge in [-0.25, -0.2) is 4.68 Å². The van der Waals surface area contributed by atoms with Crippen LogP contribution in [0.2, 0.25) is 0 Å². The maximum Gasteiger partial charge on any atom is 0.254 e. The van der Waals surface area contributed by atoms with Crippen molar-refractivity contribution in [1.82, 2.24) is 15.1 Å². The molecule has 0 aliphatic carbocycles. The Balaban J connectivity index is 1.36. The number of rotatable bonds is 4. The predicted molar refractivity (Wildman–Crippen MR) is 100.0 cm³/mol. The van der Waals surface area contributed by atoms with Crippen LogP contribution in [0, 0.1) is 0 Å². The van der Waals surface area contributed by atoms with Crippen LogP contribution in [0.5, 0.6) is 11.5 Å². The van der Waals surface area contributed by atoms with Gasteiger partial charge in [-0.05, 0) is 36.4 Å². The number of hydrogen-bond donors (Lipinski definition) is 1. The van der Waals surface area contributed by atoms with Crippen molar-refractivity contribution in [2.24, 2.45) is 0 Å². The summed E-state index contributed by atoms with van der Waals surface area (Å²) in [6, 6.07) is 15.2. The summed E-state index contributed by atoms with van der Waals surface area (Å²) >= 11 is 3.40. The van der Waals surface area contributed by atoms with Crippen LogP contribution in [0.15, 0.2) is 65.4 Å². The highest BCUT2D eigenvalue weighted by Crippen LogP contribution is 2.30. The van der Waals surface area contributed by atoms with Crippen molar-refractivity contribution in [3.8, 4) is 17.2 Å². The van der Waals surface area contributed by atoms with Gasteiger partial charge in [0.05, 0.1) is 24.0 Å². The lowest BCUT2D eigenvalue weighted by molar-refractivity contribution is 0.0789. The molecule has 1 N–H and O–H groups in total. The highest BCUT2D eigenvalue weighted by atomic mass is 79.9. The molecule has 0 saturated heterocycles. The fraction of sp³-hybridized carbons (Fsp3) is 0.158. The summed E-state index contributed by atoms with van der Waals surface area (Å²) in [6.07, 6.45) is 3.02. The van der Waals surface area contributed by atoms with Gasteiger partial charge in [0.1, 0.15) is 12.7 Å². The summed E-state index contributed by atoms with van der Waals surface area (Å²) in [6.45, 7) is 0.756. The third-order valence-corrected chi connectivity index (χ3v) is 4.52. The minimum atomic E-state index is -0.227. The molecule has 0 radical (unpaired) electrons. The van der Waals surface area contributed by atoms with Crippen LogP contribution in [0.3, 0.4) is 0 Å². The number of benzene rings is 2. The standard InChI is InChI=1S/C19H16BrN3O3/c20-14-5-7-15(8-6-14)23-11-13(9-22-23)19(24)21-10-16-12-25-17-3-1-2-4-18(17)26-16/h1-9,11,16H,10,12H2,(H,21,24). The van der Waals surface area contributed by atoms with Gasteiger partial charge in [-0.15, -0.1) is 0 Å². The third-order valence-electron chi connectivity index (χ3n) is 3.99. The highest BCUT2D eigenvalue weighted by molar-refractivity contribution is 9.10. The summed E-state index contributed by atoms with van der Waals surface area (Å²) in [5, 5.41) is 7.11. The van der Waals surface area contributed by atoms with Gasteiger partial charge in [0.15, 0.2) is 11.5 Å². The van der Waals surface area contributed by atoms with Crippen molar-refractivity contribution in [2.45, 2.75) is 6.10 Å². The molecule has 1 aromatic heterocycles. The second kappa shape index (κ2) is 7.21. The third kappa shape index (κ3) is 3.57. The fourth-order valence-corrected chi connectivity index (χ4v) is 2.91. The van der Waals surface area contributed by atoms with Crippen molar-refractivity contribution < 1.29 is 14.3 Å². The number of fused-ring (bicyclic) bond motifs is 1. The number of hydrogen-bond acceptors (Lipinski definition) is 4. The van der Waals surface area contributed by atoms with E-state index in [9.17, 15) is 4.79 Å². The normalized spacial score (nSPS) is 15.5. The van der Waals surface area contributed by atoms with Crippen molar-refractivity contribution in [3.63, 3.8) is 0 Å². The van der Waals surface area contributed by atoms with Gasteiger partial charge in [-0.2, -0.15) is 5.10 Å². The van der Waals surface area contributed by atoms with Crippen molar-refractivity contribution >= 4 is 21.8 Å². The second-order valence-corrected chi connectivity index (χ2v) is 6.77. The zero-order chi connectivity index (χ0) is 17.9. The van der Waals surface area contributed by atoms with Crippen molar-refractivity contribution in [2.75, 3.05) is 13.2 Å². The summed E-state index contributed by atoms with van der Waals surface area (Å²) in [5.74, 6) is 1.22. The molecule has 1 amide bonds. The van der Waals surface area contributed by atoms with E-state index in [0.29, 0.717) is 24.5 Å². The molecule has 2 aromatic carbocycles. The van der Waals surface area contributed by atoms with Crippen LogP contribution in [0.1, 0.15) is 10.4 Å². The van der Waals surface area contributed by atoms with Crippen molar-refractivity contribution in [1.29, 1.82) is 0 Å². The Morgan fingerprint density at radius 1 is 1.19 bits per heavy atom. The average molecular weight is 414 g/mol. The Hall–Kier alpha value is -2.80. The van der Waals surface area contributed by atoms with E-state index in [0.717, 1.165) is 15.9 Å². The van der Waals surface area contributed by atoms with Gasteiger partial charge in [0, 0.05) is 10.7 Å². The Labute approximate surface area is 158 Å². The molecule has 1 atom stereocenters. The molecule has 1 aliphatic rings. The van der Waals surface area contributed by atoms with E-state index in [1.165, 1.54) is 0 Å². The molecule has 1 aliphatic heterocycles. The van der Waals surface area contributed by atoms with Crippen LogP contribution >= 0.6 is 15.9 Å². The van der Waals surface area contributed by atoms with E-state index in [-0.39, 0.29) is 12.0 Å². The van der Waals surface area contributed by atoms with Gasteiger partial charge < -0.3 is 14.8 Å². The van der Waals surface area contributed by atoms with Gasteiger partial charge >= 0.3 is 0 Å². The number of halogens is 1. The lowest BCUT2D eigenvalue weighted by Gasteiger charge is -2.26. The second-order valence-electron chi connectivity index (χ2n) is 5.86. The highest BCUT2D eigenvalue weighted by Gasteiger charge is 2.21. The number of amides is 1. The average Bonchev–Trinajstić information content (AvgIpc) is 3.17. The number of nitrogens with one attached hydrogen (secondary N) is 1. The number of carbonyl (C=O) groups excluding carboxylic acids is 1. The molecule has 0 bridgehead atoms. The Morgan fingerprint density at radius 3 is 2.77 bits per heavy atom. The number of aromatic nitrogens is 2. The molecule has 0 saturated carbocycles. The van der Waals surface area contributed by atoms with Gasteiger partial charge in [0.2, 0.25) is 0 Å². The Morgan fingerprint density at radius 2 is 1.96 bits per heavy atom. The molecule has 1 unspecified atom stereocenters. The number of carbonyl (C=O) groups is 1. The Bertz CT molecular complexity index is 924. The maximum absolute atomic E-state index is 12.4. The molecule has 3 aromatic rings. The zero-order valence-corrected chi connectivity index (χ0v) is 15.3. The maximum atomic E-state index is 12.4. The quantitative estimate of drug-likeness (QED) is 0.712. The smallest absolute Gasteiger partial charge is 0.254 e. The van der Waals surface area contributed by atoms with E-state index in [2.05, 4.69) is 26.3 Å². The van der Waals surface area contributed by atoms with E-state index in [1.807, 2.05) is 48.5 Å². The summed E-state index contributed by atoms with van der Waals surface area (Å²) in [4.78, 5) is 12.4. The monoisotopic (exact) mass is 413 g/mol. The first-order valence-corrected chi connectivity index (χ1v) is 8.95. The molecule has 26 heavy (non-hydrogen) atoms. The fourth-order valence-electron chi connectivity index (χ4n) is 2.65. The summed E-state index contributed by atoms with van der Waals surface area (Å²) < 4.78 is 14.1. The van der Waals surface area contributed by atoms with E-state index in [1.54, 1.807) is 17.1 Å². The molecule has 2 heterocycles. The molecule has 4 rings (SSSR count). The molecule has 132 valence electrons. The van der Waals surface area contributed by atoms with Crippen molar-refractivity contribution in [3.05, 3.63) is 71.0 Å². The minimum Gasteiger partial charge on any atom is -0.486 e. The first-order valence-electron chi connectivity index (χ1n) is 8.16. The van der Waals surface area contributed by atoms with Gasteiger partial charge in [-0.3, -0.25) is 4.79 Å². The number of para-hydroxylation sites is 2. The largest absolute Gasteiger partial charge is 0.486 e. The number of nitrogens with zero attached hydrogens (tertiary/aromatic N) is 2. The first-order chi connectivity index (χ1) is 12.7. The van der Waals surface area contributed by atoms with Crippen LogP contribution in [0.25, 0.3) is 5.69 Å². The lowest BCUT2D eigenvalue weighted by Crippen LogP contribution is -2.40. The summed E-state index contributed by atoms with van der Waals surface area (Å²) in [5.41, 5.74) is 1.37. The molecule has 0 spiro atoms. The zero-order valence-electron chi connectivity index (χ0n) is 13.8. The van der Waals surface area contributed by atoms with E-state index in [4.69, 9.17) is 9.47 Å². The molecule has 6 nitrogen and oxygen atoms in total. The number of ether oxygens (including phenoxy) is 2. The lowest BCUT2D eigenvalue weighted by atomic mass is 10.2. The van der Waals surface area contributed by atoms with E-state index >= 15 is 0 Å². The molecular weight excluding hydrogens is 398 g/mol. The SMILES string of the molecule is O=C(NCC1COc2ccccc2O1)c1cnn(-c2ccc(Br)cc2)c1. The minimum absolute atomic E-state index is 0.198. The predicted octanol–water partition coefficient (Wildman–Crippen LogP) is 3.20. The van der Waals surface area contributed by atoms with Gasteiger partial charge in [-0.1, -0.05) is 28.1 Å². The summed E-state index contributed by atoms with van der Waals surface area (Å²) in [7, 11) is 0. The van der Waals surface area contributed by atoms with Crippen LogP contribution in [0.4, 0.5) is 0 Å². The molecular formula is C19H16BrN3O3. The molecule has 0 fully saturated rings. The van der Waals surface area contributed by atoms with Crippen LogP contribution in [-0.4, -0.2) is 34.9 Å². The molecule has 7 heteroatoms. The van der Waals surface area contributed by atoms with Crippen LogP contribution < -0.4 is 14.8 Å². The van der Waals surface area contributed by atoms with Crippen LogP contribution in [-0.2, 0) is 0 Å².